The molecule has 0 spiro atoms. The van der Waals surface area contributed by atoms with Crippen LogP contribution in [-0.2, 0) is 0 Å². The van der Waals surface area contributed by atoms with Crippen LogP contribution in [0.3, 0.4) is 0 Å². The summed E-state index contributed by atoms with van der Waals surface area (Å²) >= 11 is 2.10. The first-order valence-corrected chi connectivity index (χ1v) is 7.24. The van der Waals surface area contributed by atoms with E-state index in [4.69, 9.17) is 5.73 Å². The molecule has 0 aromatic carbocycles. The summed E-state index contributed by atoms with van der Waals surface area (Å²) in [7, 11) is 0. The van der Waals surface area contributed by atoms with Crippen LogP contribution in [0.4, 0.5) is 0 Å². The second-order valence-corrected chi connectivity index (χ2v) is 6.37. The van der Waals surface area contributed by atoms with E-state index < -0.39 is 0 Å². The van der Waals surface area contributed by atoms with Gasteiger partial charge in [0.05, 0.1) is 0 Å². The Balaban J connectivity index is 2.49. The number of hydrogen-bond acceptors (Lipinski definition) is 3. The van der Waals surface area contributed by atoms with Gasteiger partial charge < -0.3 is 10.6 Å². The van der Waals surface area contributed by atoms with Gasteiger partial charge in [0, 0.05) is 30.6 Å². The highest BCUT2D eigenvalue weighted by atomic mass is 32.2. The summed E-state index contributed by atoms with van der Waals surface area (Å²) in [5.74, 6) is 1.29. The van der Waals surface area contributed by atoms with Crippen molar-refractivity contribution in [2.75, 3.05) is 31.9 Å². The maximum absolute atomic E-state index is 5.95. The first-order chi connectivity index (χ1) is 7.15. The zero-order valence-corrected chi connectivity index (χ0v) is 11.3. The predicted molar refractivity (Wildman–Crippen MR) is 70.4 cm³/mol. The van der Waals surface area contributed by atoms with Crippen LogP contribution < -0.4 is 5.73 Å². The highest BCUT2D eigenvalue weighted by molar-refractivity contribution is 7.99. The monoisotopic (exact) mass is 230 g/mol. The Kier molecular flexibility index (Phi) is 5.44. The summed E-state index contributed by atoms with van der Waals surface area (Å²) < 4.78 is 0. The molecule has 1 fully saturated rings. The third kappa shape index (κ3) is 3.65. The van der Waals surface area contributed by atoms with Crippen molar-refractivity contribution in [3.05, 3.63) is 0 Å². The van der Waals surface area contributed by atoms with Crippen molar-refractivity contribution in [1.29, 1.82) is 0 Å². The van der Waals surface area contributed by atoms with Crippen LogP contribution in [0, 0.1) is 5.41 Å². The fourth-order valence-electron chi connectivity index (χ4n) is 2.34. The molecule has 1 atom stereocenters. The zero-order valence-electron chi connectivity index (χ0n) is 10.5. The molecule has 0 aromatic heterocycles. The maximum atomic E-state index is 5.95. The van der Waals surface area contributed by atoms with Crippen molar-refractivity contribution in [1.82, 2.24) is 4.90 Å². The van der Waals surface area contributed by atoms with Crippen molar-refractivity contribution in [2.24, 2.45) is 11.1 Å². The lowest BCUT2D eigenvalue weighted by molar-refractivity contribution is 0.148. The summed E-state index contributed by atoms with van der Waals surface area (Å²) in [6.45, 7) is 11.4. The summed E-state index contributed by atoms with van der Waals surface area (Å²) in [5.41, 5.74) is 6.31. The molecule has 0 aromatic rings. The third-order valence-electron chi connectivity index (χ3n) is 3.82. The van der Waals surface area contributed by atoms with Crippen molar-refractivity contribution < 1.29 is 0 Å². The molecule has 3 heteroatoms. The highest BCUT2D eigenvalue weighted by Gasteiger charge is 2.29. The number of nitrogens with two attached hydrogens (primary N) is 1. The highest BCUT2D eigenvalue weighted by Crippen LogP contribution is 2.28. The van der Waals surface area contributed by atoms with Crippen LogP contribution in [0.5, 0.6) is 0 Å². The van der Waals surface area contributed by atoms with Gasteiger partial charge in [-0.05, 0) is 24.8 Å². The van der Waals surface area contributed by atoms with Gasteiger partial charge in [-0.25, -0.2) is 0 Å². The van der Waals surface area contributed by atoms with Gasteiger partial charge in [-0.1, -0.05) is 20.8 Å². The molecule has 1 aliphatic heterocycles. The Hall–Kier alpha value is 0.270. The first-order valence-electron chi connectivity index (χ1n) is 6.20. The zero-order chi connectivity index (χ0) is 11.3. The lowest BCUT2D eigenvalue weighted by Gasteiger charge is -2.39. The molecule has 1 saturated heterocycles. The molecule has 1 rings (SSSR count). The first kappa shape index (κ1) is 13.3. The van der Waals surface area contributed by atoms with E-state index in [-0.39, 0.29) is 0 Å². The van der Waals surface area contributed by atoms with E-state index in [0.29, 0.717) is 5.41 Å². The third-order valence-corrected chi connectivity index (χ3v) is 4.95. The van der Waals surface area contributed by atoms with Crippen molar-refractivity contribution in [3.63, 3.8) is 0 Å². The van der Waals surface area contributed by atoms with Gasteiger partial charge in [-0.2, -0.15) is 11.8 Å². The van der Waals surface area contributed by atoms with Gasteiger partial charge in [0.25, 0.3) is 0 Å². The lowest BCUT2D eigenvalue weighted by Crippen LogP contribution is -2.46. The van der Waals surface area contributed by atoms with E-state index in [1.165, 1.54) is 38.2 Å². The maximum Gasteiger partial charge on any atom is 0.0147 e. The van der Waals surface area contributed by atoms with E-state index >= 15 is 0 Å². The number of nitrogens with zero attached hydrogens (tertiary/aromatic N) is 1. The van der Waals surface area contributed by atoms with Crippen LogP contribution in [0.15, 0.2) is 0 Å². The quantitative estimate of drug-likeness (QED) is 0.785. The van der Waals surface area contributed by atoms with Gasteiger partial charge in [0.15, 0.2) is 0 Å². The second-order valence-electron chi connectivity index (χ2n) is 4.83. The SMILES string of the molecule is CCC(CC)(CN)CN1CCSC(C)C1. The molecule has 15 heavy (non-hydrogen) atoms. The summed E-state index contributed by atoms with van der Waals surface area (Å²) in [5, 5.41) is 0.794. The minimum Gasteiger partial charge on any atom is -0.330 e. The van der Waals surface area contributed by atoms with Gasteiger partial charge in [-0.15, -0.1) is 0 Å². The summed E-state index contributed by atoms with van der Waals surface area (Å²) in [4.78, 5) is 2.61. The predicted octanol–water partition coefficient (Wildman–Crippen LogP) is 2.19. The van der Waals surface area contributed by atoms with Crippen molar-refractivity contribution >= 4 is 11.8 Å². The number of thioether (sulfide) groups is 1. The summed E-state index contributed by atoms with van der Waals surface area (Å²) in [6.07, 6.45) is 2.41. The van der Waals surface area contributed by atoms with E-state index in [1.807, 2.05) is 0 Å². The molecule has 0 aliphatic carbocycles. The molecule has 2 N–H and O–H groups in total. The van der Waals surface area contributed by atoms with Crippen molar-refractivity contribution in [3.8, 4) is 0 Å². The summed E-state index contributed by atoms with van der Waals surface area (Å²) in [6, 6.07) is 0. The van der Waals surface area contributed by atoms with Gasteiger partial charge in [0.2, 0.25) is 0 Å². The van der Waals surface area contributed by atoms with Crippen LogP contribution in [-0.4, -0.2) is 42.1 Å². The van der Waals surface area contributed by atoms with E-state index in [2.05, 4.69) is 37.4 Å². The minimum absolute atomic E-state index is 0.363. The van der Waals surface area contributed by atoms with Crippen LogP contribution in [0.2, 0.25) is 0 Å². The van der Waals surface area contributed by atoms with E-state index in [9.17, 15) is 0 Å². The molecule has 1 unspecified atom stereocenters. The van der Waals surface area contributed by atoms with Gasteiger partial charge in [0.1, 0.15) is 0 Å². The molecule has 0 bridgehead atoms. The average molecular weight is 230 g/mol. The normalized spacial score (nSPS) is 24.4. The Morgan fingerprint density at radius 1 is 1.40 bits per heavy atom. The van der Waals surface area contributed by atoms with Crippen LogP contribution in [0.1, 0.15) is 33.6 Å². The second kappa shape index (κ2) is 6.12. The fourth-order valence-corrected chi connectivity index (χ4v) is 3.42. The van der Waals surface area contributed by atoms with Crippen LogP contribution >= 0.6 is 11.8 Å². The van der Waals surface area contributed by atoms with Gasteiger partial charge in [-0.3, -0.25) is 0 Å². The Morgan fingerprint density at radius 2 is 2.07 bits per heavy atom. The van der Waals surface area contributed by atoms with Crippen molar-refractivity contribution in [2.45, 2.75) is 38.9 Å². The van der Waals surface area contributed by atoms with Crippen LogP contribution in [0.25, 0.3) is 0 Å². The lowest BCUT2D eigenvalue weighted by atomic mass is 9.82. The molecule has 1 heterocycles. The minimum atomic E-state index is 0.363. The van der Waals surface area contributed by atoms with Gasteiger partial charge >= 0.3 is 0 Å². The standard InChI is InChI=1S/C12H26N2S/c1-4-12(5-2,9-13)10-14-6-7-15-11(3)8-14/h11H,4-10,13H2,1-3H3. The molecule has 1 aliphatic rings. The largest absolute Gasteiger partial charge is 0.330 e. The molecular weight excluding hydrogens is 204 g/mol. The molecule has 90 valence electrons. The Bertz CT molecular complexity index is 172. The molecule has 0 amide bonds. The molecule has 0 saturated carbocycles. The van der Waals surface area contributed by atoms with E-state index in [0.717, 1.165) is 11.8 Å². The number of rotatable bonds is 5. The molecule has 0 radical (unpaired) electrons. The Morgan fingerprint density at radius 3 is 2.53 bits per heavy atom. The molecule has 2 nitrogen and oxygen atoms in total. The van der Waals surface area contributed by atoms with E-state index in [1.54, 1.807) is 0 Å². The fraction of sp³-hybridized carbons (Fsp3) is 1.00. The smallest absolute Gasteiger partial charge is 0.0147 e. The average Bonchev–Trinajstić information content (AvgIpc) is 2.26. The molecular formula is C12H26N2S. The Labute approximate surface area is 99.0 Å². The topological polar surface area (TPSA) is 29.3 Å². The number of hydrogen-bond donors (Lipinski definition) is 1.